The summed E-state index contributed by atoms with van der Waals surface area (Å²) in [5, 5.41) is 0. The lowest BCUT2D eigenvalue weighted by Gasteiger charge is -2.15. The van der Waals surface area contributed by atoms with E-state index in [-0.39, 0.29) is 0 Å². The van der Waals surface area contributed by atoms with Crippen LogP contribution in [-0.2, 0) is 13.0 Å². The Morgan fingerprint density at radius 2 is 1.72 bits per heavy atom. The van der Waals surface area contributed by atoms with Crippen LogP contribution < -0.4 is 10.5 Å². The van der Waals surface area contributed by atoms with E-state index in [1.807, 2.05) is 49.4 Å². The number of unbranched alkanes of at least 4 members (excludes halogenated alkanes) is 2. The number of hydrogen-bond donors (Lipinski definition) is 1. The van der Waals surface area contributed by atoms with E-state index in [0.29, 0.717) is 12.1 Å². The highest BCUT2D eigenvalue weighted by Crippen LogP contribution is 2.39. The van der Waals surface area contributed by atoms with Crippen LogP contribution in [0.25, 0.3) is 11.1 Å². The highest BCUT2D eigenvalue weighted by Gasteiger charge is 2.26. The molecule has 0 bridgehead atoms. The van der Waals surface area contributed by atoms with Crippen molar-refractivity contribution in [1.82, 2.24) is 4.57 Å². The fraction of sp³-hybridized carbons (Fsp3) is 0.320. The molecule has 0 atom stereocenters. The molecule has 3 aromatic rings. The van der Waals surface area contributed by atoms with Crippen LogP contribution in [0.2, 0.25) is 0 Å². The summed E-state index contributed by atoms with van der Waals surface area (Å²) < 4.78 is 7.88. The molecule has 4 nitrogen and oxygen atoms in total. The first-order chi connectivity index (χ1) is 14.1. The second kappa shape index (κ2) is 9.46. The number of ether oxygens (including phenoxy) is 1. The molecule has 0 saturated carbocycles. The monoisotopic (exact) mass is 390 g/mol. The molecule has 2 N–H and O–H groups in total. The van der Waals surface area contributed by atoms with Crippen molar-refractivity contribution in [1.29, 1.82) is 0 Å². The van der Waals surface area contributed by atoms with Crippen LogP contribution in [0.5, 0.6) is 5.75 Å². The quantitative estimate of drug-likeness (QED) is 0.501. The number of amides is 1. The molecular formula is C25H30N2O2. The number of para-hydroxylation sites is 1. The lowest BCUT2D eigenvalue weighted by Crippen LogP contribution is -2.13. The van der Waals surface area contributed by atoms with Crippen LogP contribution in [0.1, 0.15) is 53.5 Å². The van der Waals surface area contributed by atoms with Gasteiger partial charge < -0.3 is 15.0 Å². The van der Waals surface area contributed by atoms with Crippen molar-refractivity contribution in [3.05, 3.63) is 77.1 Å². The SMILES string of the molecule is CCCCCc1c(-c2ccccc2OC)c(C(N)=O)c(C)n1Cc1ccccc1. The number of hydrogen-bond acceptors (Lipinski definition) is 2. The Morgan fingerprint density at radius 3 is 2.38 bits per heavy atom. The van der Waals surface area contributed by atoms with Crippen molar-refractivity contribution < 1.29 is 9.53 Å². The van der Waals surface area contributed by atoms with Crippen molar-refractivity contribution >= 4 is 5.91 Å². The van der Waals surface area contributed by atoms with E-state index >= 15 is 0 Å². The van der Waals surface area contributed by atoms with E-state index in [1.54, 1.807) is 7.11 Å². The summed E-state index contributed by atoms with van der Waals surface area (Å²) >= 11 is 0. The van der Waals surface area contributed by atoms with Gasteiger partial charge in [-0.2, -0.15) is 0 Å². The summed E-state index contributed by atoms with van der Waals surface area (Å²) in [5.41, 5.74) is 11.6. The molecule has 0 saturated heterocycles. The Bertz CT molecular complexity index is 974. The van der Waals surface area contributed by atoms with E-state index < -0.39 is 5.91 Å². The molecule has 0 fully saturated rings. The molecule has 0 aliphatic carbocycles. The summed E-state index contributed by atoms with van der Waals surface area (Å²) in [7, 11) is 1.66. The van der Waals surface area contributed by atoms with Crippen LogP contribution >= 0.6 is 0 Å². The Labute approximate surface area is 173 Å². The van der Waals surface area contributed by atoms with Crippen LogP contribution in [0.3, 0.4) is 0 Å². The van der Waals surface area contributed by atoms with Gasteiger partial charge in [0.15, 0.2) is 0 Å². The van der Waals surface area contributed by atoms with Crippen LogP contribution in [0.4, 0.5) is 0 Å². The third-order valence-corrected chi connectivity index (χ3v) is 5.45. The first kappa shape index (κ1) is 20.7. The van der Waals surface area contributed by atoms with E-state index in [0.717, 1.165) is 53.9 Å². The van der Waals surface area contributed by atoms with Crippen LogP contribution in [-0.4, -0.2) is 17.6 Å². The van der Waals surface area contributed by atoms with Gasteiger partial charge in [0, 0.05) is 29.1 Å². The Morgan fingerprint density at radius 1 is 1.03 bits per heavy atom. The number of carbonyl (C=O) groups excluding carboxylic acids is 1. The van der Waals surface area contributed by atoms with Crippen LogP contribution in [0, 0.1) is 6.92 Å². The van der Waals surface area contributed by atoms with E-state index in [9.17, 15) is 4.79 Å². The largest absolute Gasteiger partial charge is 0.496 e. The molecule has 1 aromatic heterocycles. The number of aromatic nitrogens is 1. The Balaban J connectivity index is 2.23. The van der Waals surface area contributed by atoms with Gasteiger partial charge in [0.05, 0.1) is 12.7 Å². The second-order valence-corrected chi connectivity index (χ2v) is 7.38. The zero-order valence-corrected chi connectivity index (χ0v) is 17.6. The standard InChI is InChI=1S/C25H30N2O2/c1-4-5-7-15-21-24(20-14-10-11-16-22(20)29-3)23(25(26)28)18(2)27(21)17-19-12-8-6-9-13-19/h6,8-14,16H,4-5,7,15,17H2,1-3H3,(H2,26,28). The maximum absolute atomic E-state index is 12.5. The first-order valence-electron chi connectivity index (χ1n) is 10.3. The van der Waals surface area contributed by atoms with E-state index in [4.69, 9.17) is 10.5 Å². The molecule has 4 heteroatoms. The number of methoxy groups -OCH3 is 1. The first-order valence-corrected chi connectivity index (χ1v) is 10.3. The van der Waals surface area contributed by atoms with Gasteiger partial charge >= 0.3 is 0 Å². The molecule has 0 aliphatic heterocycles. The second-order valence-electron chi connectivity index (χ2n) is 7.38. The topological polar surface area (TPSA) is 57.2 Å². The number of nitrogens with two attached hydrogens (primary N) is 1. The van der Waals surface area contributed by atoms with Gasteiger partial charge in [0.1, 0.15) is 5.75 Å². The minimum absolute atomic E-state index is 0.396. The molecule has 152 valence electrons. The molecule has 1 heterocycles. The Kier molecular flexibility index (Phi) is 6.76. The number of rotatable bonds is 9. The summed E-state index contributed by atoms with van der Waals surface area (Å²) in [6.07, 6.45) is 4.25. The maximum Gasteiger partial charge on any atom is 0.251 e. The van der Waals surface area contributed by atoms with Gasteiger partial charge in [0.25, 0.3) is 5.91 Å². The summed E-state index contributed by atoms with van der Waals surface area (Å²) in [6, 6.07) is 18.2. The fourth-order valence-corrected chi connectivity index (χ4v) is 4.02. The molecule has 3 rings (SSSR count). The molecule has 0 spiro atoms. The van der Waals surface area contributed by atoms with Gasteiger partial charge in [-0.15, -0.1) is 0 Å². The molecule has 0 unspecified atom stereocenters. The van der Waals surface area contributed by atoms with Crippen molar-refractivity contribution in [3.8, 4) is 16.9 Å². The molecule has 0 radical (unpaired) electrons. The molecular weight excluding hydrogens is 360 g/mol. The van der Waals surface area contributed by atoms with Crippen molar-refractivity contribution in [3.63, 3.8) is 0 Å². The third kappa shape index (κ3) is 4.37. The lowest BCUT2D eigenvalue weighted by molar-refractivity contribution is 0.1000. The van der Waals surface area contributed by atoms with Crippen molar-refractivity contribution in [2.24, 2.45) is 5.73 Å². The number of nitrogens with zero attached hydrogens (tertiary/aromatic N) is 1. The zero-order valence-electron chi connectivity index (χ0n) is 17.6. The van der Waals surface area contributed by atoms with E-state index in [1.165, 1.54) is 5.56 Å². The molecule has 29 heavy (non-hydrogen) atoms. The van der Waals surface area contributed by atoms with Crippen molar-refractivity contribution in [2.75, 3.05) is 7.11 Å². The summed E-state index contributed by atoms with van der Waals surface area (Å²) in [4.78, 5) is 12.5. The summed E-state index contributed by atoms with van der Waals surface area (Å²) in [5.74, 6) is 0.357. The minimum atomic E-state index is -0.396. The average Bonchev–Trinajstić information content (AvgIpc) is 3.00. The van der Waals surface area contributed by atoms with E-state index in [2.05, 4.69) is 23.6 Å². The third-order valence-electron chi connectivity index (χ3n) is 5.45. The fourth-order valence-electron chi connectivity index (χ4n) is 4.02. The smallest absolute Gasteiger partial charge is 0.251 e. The van der Waals surface area contributed by atoms with Gasteiger partial charge in [0.2, 0.25) is 0 Å². The summed E-state index contributed by atoms with van der Waals surface area (Å²) in [6.45, 7) is 4.90. The Hall–Kier alpha value is -3.01. The maximum atomic E-state index is 12.5. The normalized spacial score (nSPS) is 10.9. The van der Waals surface area contributed by atoms with Gasteiger partial charge in [-0.05, 0) is 31.4 Å². The highest BCUT2D eigenvalue weighted by molar-refractivity contribution is 6.03. The van der Waals surface area contributed by atoms with Gasteiger partial charge in [-0.1, -0.05) is 68.3 Å². The number of carbonyl (C=O) groups is 1. The van der Waals surface area contributed by atoms with Crippen LogP contribution in [0.15, 0.2) is 54.6 Å². The molecule has 1 amide bonds. The molecule has 0 aliphatic rings. The predicted molar refractivity (Wildman–Crippen MR) is 118 cm³/mol. The minimum Gasteiger partial charge on any atom is -0.496 e. The van der Waals surface area contributed by atoms with Crippen molar-refractivity contribution in [2.45, 2.75) is 46.1 Å². The average molecular weight is 391 g/mol. The highest BCUT2D eigenvalue weighted by atomic mass is 16.5. The number of primary amides is 1. The predicted octanol–water partition coefficient (Wildman–Crippen LogP) is 5.35. The lowest BCUT2D eigenvalue weighted by atomic mass is 9.96. The van der Waals surface area contributed by atoms with Gasteiger partial charge in [-0.25, -0.2) is 0 Å². The molecule has 2 aromatic carbocycles. The van der Waals surface area contributed by atoms with Gasteiger partial charge in [-0.3, -0.25) is 4.79 Å². The number of benzene rings is 2. The zero-order chi connectivity index (χ0) is 20.8.